The van der Waals surface area contributed by atoms with Gasteiger partial charge in [0.25, 0.3) is 6.47 Å². The van der Waals surface area contributed by atoms with Gasteiger partial charge in [-0.25, -0.2) is 0 Å². The van der Waals surface area contributed by atoms with Crippen LogP contribution >= 0.6 is 0 Å². The van der Waals surface area contributed by atoms with Crippen LogP contribution < -0.4 is 0 Å². The van der Waals surface area contributed by atoms with Crippen LogP contribution in [0.25, 0.3) is 0 Å². The average Bonchev–Trinajstić information content (AvgIpc) is 3.16. The maximum absolute atomic E-state index is 12.8. The molecule has 0 aromatic rings. The van der Waals surface area contributed by atoms with Gasteiger partial charge in [-0.05, 0) is 57.4 Å². The molecule has 324 valence electrons. The highest BCUT2D eigenvalue weighted by Gasteiger charge is 2.19. The molecular formula is C47H95NO6. The molecule has 0 aromatic carbocycles. The van der Waals surface area contributed by atoms with Crippen molar-refractivity contribution < 1.29 is 29.3 Å². The van der Waals surface area contributed by atoms with Gasteiger partial charge in [0.1, 0.15) is 0 Å². The first kappa shape index (κ1) is 54.9. The Morgan fingerprint density at radius 1 is 0.556 bits per heavy atom. The average molecular weight is 770 g/mol. The molecule has 0 spiro atoms. The van der Waals surface area contributed by atoms with Gasteiger partial charge < -0.3 is 19.7 Å². The molecule has 2 N–H and O–H groups in total. The molecule has 0 aliphatic carbocycles. The van der Waals surface area contributed by atoms with Crippen molar-refractivity contribution in [2.24, 2.45) is 11.8 Å². The summed E-state index contributed by atoms with van der Waals surface area (Å²) in [5.41, 5.74) is 0. The highest BCUT2D eigenvalue weighted by atomic mass is 16.5. The van der Waals surface area contributed by atoms with Gasteiger partial charge in [0.2, 0.25) is 0 Å². The maximum atomic E-state index is 12.8. The van der Waals surface area contributed by atoms with Gasteiger partial charge in [-0.3, -0.25) is 14.5 Å². The van der Waals surface area contributed by atoms with E-state index in [1.165, 1.54) is 128 Å². The molecule has 54 heavy (non-hydrogen) atoms. The number of nitrogens with zero attached hydrogens (tertiary/aromatic N) is 1. The molecule has 3 unspecified atom stereocenters. The number of aliphatic hydroxyl groups is 2. The molecule has 0 heterocycles. The van der Waals surface area contributed by atoms with Gasteiger partial charge in [-0.15, -0.1) is 0 Å². The van der Waals surface area contributed by atoms with Crippen LogP contribution in [-0.2, 0) is 19.1 Å². The van der Waals surface area contributed by atoms with E-state index in [2.05, 4.69) is 44.3 Å². The number of esters is 1. The molecule has 3 atom stereocenters. The molecule has 0 aromatic heterocycles. The lowest BCUT2D eigenvalue weighted by molar-refractivity contribution is -0.149. The summed E-state index contributed by atoms with van der Waals surface area (Å²) in [6, 6.07) is 0. The van der Waals surface area contributed by atoms with Crippen LogP contribution in [0.1, 0.15) is 234 Å². The summed E-state index contributed by atoms with van der Waals surface area (Å²) in [4.78, 5) is 25.0. The van der Waals surface area contributed by atoms with Crippen molar-refractivity contribution in [3.63, 3.8) is 0 Å². The fourth-order valence-corrected chi connectivity index (χ4v) is 7.23. The van der Waals surface area contributed by atoms with Crippen molar-refractivity contribution in [1.82, 2.24) is 4.90 Å². The van der Waals surface area contributed by atoms with Crippen LogP contribution in [0, 0.1) is 11.8 Å². The fraction of sp³-hybridized carbons (Fsp3) is 0.957. The number of hydrogen-bond donors (Lipinski definition) is 2. The van der Waals surface area contributed by atoms with Crippen LogP contribution in [0.4, 0.5) is 0 Å². The van der Waals surface area contributed by atoms with Crippen molar-refractivity contribution in [2.75, 3.05) is 39.5 Å². The lowest BCUT2D eigenvalue weighted by Crippen LogP contribution is -2.35. The van der Waals surface area contributed by atoms with Gasteiger partial charge in [0, 0.05) is 13.1 Å². The van der Waals surface area contributed by atoms with E-state index in [4.69, 9.17) is 4.74 Å². The predicted octanol–water partition coefficient (Wildman–Crippen LogP) is 12.8. The van der Waals surface area contributed by atoms with Gasteiger partial charge in [0.05, 0.1) is 31.8 Å². The Bertz CT molecular complexity index is 737. The van der Waals surface area contributed by atoms with E-state index >= 15 is 0 Å². The molecule has 0 aliphatic heterocycles. The molecule has 0 radical (unpaired) electrons. The molecule has 7 heteroatoms. The Balaban J connectivity index is 0. The minimum absolute atomic E-state index is 0.0101. The molecule has 0 bridgehead atoms. The minimum atomic E-state index is -0.441. The van der Waals surface area contributed by atoms with E-state index in [1.54, 1.807) is 0 Å². The Labute approximate surface area is 336 Å². The van der Waals surface area contributed by atoms with E-state index in [1.807, 2.05) is 0 Å². The summed E-state index contributed by atoms with van der Waals surface area (Å²) in [6.45, 7) is 14.8. The number of carbonyl (C=O) groups excluding carboxylic acids is 2. The maximum Gasteiger partial charge on any atom is 0.308 e. The van der Waals surface area contributed by atoms with Crippen molar-refractivity contribution in [2.45, 2.75) is 240 Å². The molecule has 0 saturated heterocycles. The Morgan fingerprint density at radius 2 is 0.981 bits per heavy atom. The second kappa shape index (κ2) is 46.2. The summed E-state index contributed by atoms with van der Waals surface area (Å²) in [6.07, 6.45) is 37.3. The topological polar surface area (TPSA) is 96.3 Å². The first-order valence-electron chi connectivity index (χ1n) is 23.6. The highest BCUT2D eigenvalue weighted by Crippen LogP contribution is 2.21. The lowest BCUT2D eigenvalue weighted by atomic mass is 9.94. The lowest BCUT2D eigenvalue weighted by Gasteiger charge is -2.24. The van der Waals surface area contributed by atoms with Crippen molar-refractivity contribution in [3.8, 4) is 0 Å². The molecule has 0 fully saturated rings. The summed E-state index contributed by atoms with van der Waals surface area (Å²) in [5.74, 6) is 1.05. The second-order valence-electron chi connectivity index (χ2n) is 16.3. The first-order valence-corrected chi connectivity index (χ1v) is 23.6. The van der Waals surface area contributed by atoms with Gasteiger partial charge in [0.15, 0.2) is 0 Å². The SMILES string of the molecule is CCCCCCCCC(C)CCCCCC.CCCCCCCCC(CCCCCC)C(=O)OCCCCCCN(CCO)CC(O)CCCCOC=O. The number of ether oxygens (including phenoxy) is 2. The quantitative estimate of drug-likeness (QED) is 0.0362. The minimum Gasteiger partial charge on any atom is -0.468 e. The van der Waals surface area contributed by atoms with E-state index in [9.17, 15) is 19.8 Å². The third-order valence-electron chi connectivity index (χ3n) is 10.9. The summed E-state index contributed by atoms with van der Waals surface area (Å²) >= 11 is 0. The Kier molecular flexibility index (Phi) is 47.0. The van der Waals surface area contributed by atoms with Crippen LogP contribution in [-0.4, -0.2) is 73.1 Å². The van der Waals surface area contributed by atoms with Crippen LogP contribution in [0.2, 0.25) is 0 Å². The van der Waals surface area contributed by atoms with Crippen molar-refractivity contribution >= 4 is 12.4 Å². The predicted molar refractivity (Wildman–Crippen MR) is 231 cm³/mol. The number of carbonyl (C=O) groups is 2. The zero-order valence-electron chi connectivity index (χ0n) is 36.9. The molecule has 0 aliphatic rings. The van der Waals surface area contributed by atoms with Crippen LogP contribution in [0.3, 0.4) is 0 Å². The second-order valence-corrected chi connectivity index (χ2v) is 16.3. The smallest absolute Gasteiger partial charge is 0.308 e. The first-order chi connectivity index (χ1) is 26.4. The zero-order chi connectivity index (χ0) is 40.2. The Hall–Kier alpha value is -1.18. The summed E-state index contributed by atoms with van der Waals surface area (Å²) < 4.78 is 10.4. The Morgan fingerprint density at radius 3 is 1.50 bits per heavy atom. The van der Waals surface area contributed by atoms with Crippen molar-refractivity contribution in [3.05, 3.63) is 0 Å². The third-order valence-corrected chi connectivity index (χ3v) is 10.9. The molecular weight excluding hydrogens is 675 g/mol. The standard InChI is InChI=1S/C31H61NO6.C16H34/c1-3-5-7-9-10-14-20-29(19-13-8-6-4-2)31(36)38-26-17-12-11-16-22-32(23-24-33)27-30(35)21-15-18-25-37-28-34;1-4-6-8-10-11-13-15-16(3)14-12-9-7-5-2/h28-30,33,35H,3-27H2,1-2H3;16H,4-15H2,1-3H3. The molecule has 7 nitrogen and oxygen atoms in total. The van der Waals surface area contributed by atoms with Gasteiger partial charge in [-0.2, -0.15) is 0 Å². The fourth-order valence-electron chi connectivity index (χ4n) is 7.23. The third kappa shape index (κ3) is 42.0. The van der Waals surface area contributed by atoms with Crippen LogP contribution in [0.5, 0.6) is 0 Å². The summed E-state index contributed by atoms with van der Waals surface area (Å²) in [5, 5.41) is 19.6. The number of aliphatic hydroxyl groups excluding tert-OH is 2. The van der Waals surface area contributed by atoms with Gasteiger partial charge in [-0.1, -0.05) is 189 Å². The molecule has 0 amide bonds. The zero-order valence-corrected chi connectivity index (χ0v) is 36.9. The summed E-state index contributed by atoms with van der Waals surface area (Å²) in [7, 11) is 0. The van der Waals surface area contributed by atoms with E-state index in [-0.39, 0.29) is 18.5 Å². The van der Waals surface area contributed by atoms with E-state index in [0.717, 1.165) is 76.7 Å². The highest BCUT2D eigenvalue weighted by molar-refractivity contribution is 5.72. The monoisotopic (exact) mass is 770 g/mol. The number of unbranched alkanes of at least 4 members (excludes halogenated alkanes) is 20. The molecule has 0 saturated carbocycles. The number of rotatable bonds is 42. The van der Waals surface area contributed by atoms with Gasteiger partial charge >= 0.3 is 5.97 Å². The van der Waals surface area contributed by atoms with Crippen LogP contribution in [0.15, 0.2) is 0 Å². The molecule has 0 rings (SSSR count). The normalized spacial score (nSPS) is 13.0. The largest absolute Gasteiger partial charge is 0.468 e. The van der Waals surface area contributed by atoms with Crippen molar-refractivity contribution in [1.29, 1.82) is 0 Å². The van der Waals surface area contributed by atoms with E-state index in [0.29, 0.717) is 39.2 Å². The van der Waals surface area contributed by atoms with E-state index < -0.39 is 6.10 Å². The number of hydrogen-bond acceptors (Lipinski definition) is 7.